The molecule has 7 aromatic carbocycles. The van der Waals surface area contributed by atoms with Crippen LogP contribution >= 0.6 is 0 Å². The van der Waals surface area contributed by atoms with Crippen molar-refractivity contribution in [1.82, 2.24) is 29.9 Å². The first kappa shape index (κ1) is 33.4. The van der Waals surface area contributed by atoms with Crippen LogP contribution in [0, 0.1) is 6.57 Å². The molecule has 0 saturated heterocycles. The molecule has 8 nitrogen and oxygen atoms in total. The van der Waals surface area contributed by atoms with Gasteiger partial charge in [0, 0.05) is 38.6 Å². The molecule has 0 N–H and O–H groups in total. The number of para-hydroxylation sites is 1. The van der Waals surface area contributed by atoms with E-state index in [-0.39, 0.29) is 0 Å². The first-order valence-electron chi connectivity index (χ1n) is 18.4. The van der Waals surface area contributed by atoms with E-state index in [1.165, 1.54) is 0 Å². The smallest absolute Gasteiger partial charge is 0.187 e. The van der Waals surface area contributed by atoms with Gasteiger partial charge in [-0.3, -0.25) is 0 Å². The van der Waals surface area contributed by atoms with Crippen molar-refractivity contribution in [2.75, 3.05) is 0 Å². The number of hydrogen-bond donors (Lipinski definition) is 0. The van der Waals surface area contributed by atoms with Crippen molar-refractivity contribution >= 4 is 27.6 Å². The standard InChI is InChI=1S/C49H29N7O/c1-50-38-27-24-32(25-28-38)31-20-22-36(23-21-31)47-51-44(33-12-5-2-6-13-33)53-48(54-47)37-26-29-39-40-18-11-19-41(43(40)57-42(39)30-37)49-55-45(34-14-7-3-8-15-34)52-46(56-49)35-16-9-4-10-17-35/h2-30H. The Bertz CT molecular complexity index is 3050. The van der Waals surface area contributed by atoms with Crippen molar-refractivity contribution in [2.24, 2.45) is 0 Å². The second-order valence-corrected chi connectivity index (χ2v) is 13.4. The van der Waals surface area contributed by atoms with Crippen LogP contribution in [0.15, 0.2) is 180 Å². The summed E-state index contributed by atoms with van der Waals surface area (Å²) in [5.74, 6) is 3.34. The molecule has 0 atom stereocenters. The molecular formula is C49H29N7O. The molecule has 8 heteroatoms. The lowest BCUT2D eigenvalue weighted by Crippen LogP contribution is -2.00. The predicted octanol–water partition coefficient (Wildman–Crippen LogP) is 12.2. The van der Waals surface area contributed by atoms with Crippen molar-refractivity contribution in [3.05, 3.63) is 187 Å². The highest BCUT2D eigenvalue weighted by molar-refractivity contribution is 6.09. The first-order valence-corrected chi connectivity index (χ1v) is 18.4. The van der Waals surface area contributed by atoms with E-state index in [2.05, 4.69) is 17.0 Å². The van der Waals surface area contributed by atoms with Crippen LogP contribution in [0.4, 0.5) is 5.69 Å². The third-order valence-corrected chi connectivity index (χ3v) is 9.84. The van der Waals surface area contributed by atoms with Crippen LogP contribution in [0.2, 0.25) is 0 Å². The average molecular weight is 732 g/mol. The third kappa shape index (κ3) is 6.45. The number of benzene rings is 7. The predicted molar refractivity (Wildman–Crippen MR) is 225 cm³/mol. The Labute approximate surface area is 327 Å². The van der Waals surface area contributed by atoms with Gasteiger partial charge in [-0.15, -0.1) is 0 Å². The van der Waals surface area contributed by atoms with Crippen LogP contribution < -0.4 is 0 Å². The van der Waals surface area contributed by atoms with Gasteiger partial charge in [0.15, 0.2) is 40.6 Å². The lowest BCUT2D eigenvalue weighted by molar-refractivity contribution is 0.669. The molecule has 0 unspecified atom stereocenters. The molecule has 57 heavy (non-hydrogen) atoms. The summed E-state index contributed by atoms with van der Waals surface area (Å²) in [4.78, 5) is 33.2. The number of fused-ring (bicyclic) bond motifs is 3. The normalized spacial score (nSPS) is 11.1. The fraction of sp³-hybridized carbons (Fsp3) is 0. The Morgan fingerprint density at radius 3 is 1.28 bits per heavy atom. The summed E-state index contributed by atoms with van der Waals surface area (Å²) in [5, 5.41) is 1.90. The summed E-state index contributed by atoms with van der Waals surface area (Å²) in [6, 6.07) is 57.6. The molecule has 266 valence electrons. The fourth-order valence-corrected chi connectivity index (χ4v) is 6.93. The molecule has 10 rings (SSSR count). The van der Waals surface area contributed by atoms with E-state index in [1.54, 1.807) is 0 Å². The van der Waals surface area contributed by atoms with E-state index in [0.29, 0.717) is 51.8 Å². The lowest BCUT2D eigenvalue weighted by Gasteiger charge is -2.09. The zero-order valence-electron chi connectivity index (χ0n) is 30.3. The summed E-state index contributed by atoms with van der Waals surface area (Å²) in [7, 11) is 0. The van der Waals surface area contributed by atoms with E-state index in [0.717, 1.165) is 55.3 Å². The summed E-state index contributed by atoms with van der Waals surface area (Å²) >= 11 is 0. The van der Waals surface area contributed by atoms with Gasteiger partial charge in [-0.05, 0) is 29.3 Å². The Balaban J connectivity index is 1.08. The third-order valence-electron chi connectivity index (χ3n) is 9.84. The van der Waals surface area contributed by atoms with E-state index in [9.17, 15) is 0 Å². The van der Waals surface area contributed by atoms with Gasteiger partial charge < -0.3 is 4.42 Å². The van der Waals surface area contributed by atoms with Gasteiger partial charge in [-0.1, -0.05) is 158 Å². The summed E-state index contributed by atoms with van der Waals surface area (Å²) in [6.45, 7) is 7.26. The largest absolute Gasteiger partial charge is 0.455 e. The molecule has 0 spiro atoms. The lowest BCUT2D eigenvalue weighted by atomic mass is 10.0. The molecule has 3 heterocycles. The van der Waals surface area contributed by atoms with Crippen molar-refractivity contribution in [2.45, 2.75) is 0 Å². The van der Waals surface area contributed by atoms with Crippen LogP contribution in [0.3, 0.4) is 0 Å². The van der Waals surface area contributed by atoms with Gasteiger partial charge in [-0.25, -0.2) is 34.7 Å². The molecule has 0 aliphatic heterocycles. The fourth-order valence-electron chi connectivity index (χ4n) is 6.93. The van der Waals surface area contributed by atoms with Gasteiger partial charge in [0.05, 0.1) is 12.1 Å². The van der Waals surface area contributed by atoms with Crippen molar-refractivity contribution in [3.8, 4) is 79.5 Å². The van der Waals surface area contributed by atoms with Crippen LogP contribution in [0.25, 0.3) is 106 Å². The Morgan fingerprint density at radius 2 is 0.772 bits per heavy atom. The minimum absolute atomic E-state index is 0.522. The number of hydrogen-bond acceptors (Lipinski definition) is 7. The zero-order chi connectivity index (χ0) is 38.1. The van der Waals surface area contributed by atoms with Crippen LogP contribution in [-0.4, -0.2) is 29.9 Å². The van der Waals surface area contributed by atoms with Gasteiger partial charge in [0.1, 0.15) is 11.2 Å². The van der Waals surface area contributed by atoms with Gasteiger partial charge in [0.2, 0.25) is 0 Å². The number of nitrogens with zero attached hydrogens (tertiary/aromatic N) is 7. The molecule has 10 aromatic rings. The van der Waals surface area contributed by atoms with Crippen LogP contribution in [0.1, 0.15) is 0 Å². The highest BCUT2D eigenvalue weighted by Crippen LogP contribution is 2.38. The van der Waals surface area contributed by atoms with E-state index < -0.39 is 0 Å². The summed E-state index contributed by atoms with van der Waals surface area (Å²) < 4.78 is 6.70. The molecule has 0 amide bonds. The van der Waals surface area contributed by atoms with Crippen molar-refractivity contribution in [3.63, 3.8) is 0 Å². The SMILES string of the molecule is [C-]#[N+]c1ccc(-c2ccc(-c3nc(-c4ccccc4)nc(-c4ccc5c(c4)oc4c(-c6nc(-c7ccccc7)nc(-c7ccccc7)n6)cccc45)n3)cc2)cc1. The zero-order valence-corrected chi connectivity index (χ0v) is 30.3. The van der Waals surface area contributed by atoms with Crippen LogP contribution in [0.5, 0.6) is 0 Å². The topological polar surface area (TPSA) is 94.8 Å². The minimum Gasteiger partial charge on any atom is -0.455 e. The molecular weight excluding hydrogens is 703 g/mol. The Morgan fingerprint density at radius 1 is 0.351 bits per heavy atom. The number of furan rings is 1. The molecule has 3 aromatic heterocycles. The Kier molecular flexibility index (Phi) is 8.36. The monoisotopic (exact) mass is 731 g/mol. The maximum Gasteiger partial charge on any atom is 0.187 e. The molecule has 0 saturated carbocycles. The van der Waals surface area contributed by atoms with E-state index in [4.69, 9.17) is 40.9 Å². The van der Waals surface area contributed by atoms with Gasteiger partial charge in [-0.2, -0.15) is 0 Å². The van der Waals surface area contributed by atoms with Crippen molar-refractivity contribution in [1.29, 1.82) is 0 Å². The molecule has 0 fully saturated rings. The first-order chi connectivity index (χ1) is 28.2. The molecule has 0 radical (unpaired) electrons. The highest BCUT2D eigenvalue weighted by atomic mass is 16.3. The van der Waals surface area contributed by atoms with Gasteiger partial charge >= 0.3 is 0 Å². The van der Waals surface area contributed by atoms with E-state index in [1.807, 2.05) is 164 Å². The Hall–Kier alpha value is -8.15. The van der Waals surface area contributed by atoms with Crippen molar-refractivity contribution < 1.29 is 4.42 Å². The molecule has 0 aliphatic carbocycles. The number of aromatic nitrogens is 6. The summed E-state index contributed by atoms with van der Waals surface area (Å²) in [5.41, 5.74) is 9.13. The minimum atomic E-state index is 0.522. The maximum absolute atomic E-state index is 7.26. The van der Waals surface area contributed by atoms with Crippen LogP contribution in [-0.2, 0) is 0 Å². The van der Waals surface area contributed by atoms with Gasteiger partial charge in [0.25, 0.3) is 0 Å². The average Bonchev–Trinajstić information content (AvgIpc) is 3.68. The molecule has 0 aliphatic rings. The molecule has 0 bridgehead atoms. The second kappa shape index (κ2) is 14.3. The second-order valence-electron chi connectivity index (χ2n) is 13.4. The highest BCUT2D eigenvalue weighted by Gasteiger charge is 2.19. The summed E-state index contributed by atoms with van der Waals surface area (Å²) in [6.07, 6.45) is 0. The van der Waals surface area contributed by atoms with E-state index >= 15 is 0 Å². The quantitative estimate of drug-likeness (QED) is 0.151. The maximum atomic E-state index is 7.26. The number of rotatable bonds is 7.